The van der Waals surface area contributed by atoms with Gasteiger partial charge in [0.25, 0.3) is 12.3 Å². The first-order chi connectivity index (χ1) is 9.51. The molecule has 2 heterocycles. The Morgan fingerprint density at radius 2 is 2.30 bits per heavy atom. The van der Waals surface area contributed by atoms with Crippen molar-refractivity contribution in [3.05, 3.63) is 11.4 Å². The largest absolute Gasteiger partial charge is 0.330 e. The van der Waals surface area contributed by atoms with E-state index in [1.54, 1.807) is 4.90 Å². The van der Waals surface area contributed by atoms with Crippen molar-refractivity contribution in [1.29, 1.82) is 0 Å². The summed E-state index contributed by atoms with van der Waals surface area (Å²) in [6.07, 6.45) is -0.0110. The second-order valence-electron chi connectivity index (χ2n) is 5.54. The number of nitrogens with zero attached hydrogens (tertiary/aromatic N) is 4. The smallest absolute Gasteiger partial charge is 0.282 e. The van der Waals surface area contributed by atoms with E-state index in [0.717, 1.165) is 23.9 Å². The second kappa shape index (κ2) is 4.47. The van der Waals surface area contributed by atoms with Crippen molar-refractivity contribution in [2.45, 2.75) is 31.2 Å². The lowest BCUT2D eigenvalue weighted by Gasteiger charge is -2.49. The van der Waals surface area contributed by atoms with Crippen LogP contribution in [0.1, 0.15) is 41.9 Å². The molecule has 0 radical (unpaired) electrons. The second-order valence-corrected chi connectivity index (χ2v) is 5.54. The van der Waals surface area contributed by atoms with E-state index in [1.165, 1.54) is 7.05 Å². The molecule has 0 spiro atoms. The number of likely N-dealkylation sites (tertiary alicyclic amines) is 1. The van der Waals surface area contributed by atoms with Gasteiger partial charge in [-0.15, -0.1) is 5.10 Å². The quantitative estimate of drug-likeness (QED) is 0.887. The van der Waals surface area contributed by atoms with Gasteiger partial charge in [0.1, 0.15) is 5.69 Å². The van der Waals surface area contributed by atoms with E-state index in [-0.39, 0.29) is 11.2 Å². The van der Waals surface area contributed by atoms with E-state index >= 15 is 0 Å². The summed E-state index contributed by atoms with van der Waals surface area (Å²) in [5, 5.41) is 7.18. The van der Waals surface area contributed by atoms with Gasteiger partial charge >= 0.3 is 0 Å². The van der Waals surface area contributed by atoms with Crippen molar-refractivity contribution in [2.24, 2.45) is 18.7 Å². The molecule has 1 amide bonds. The zero-order valence-corrected chi connectivity index (χ0v) is 11.2. The number of carbonyl (C=O) groups excluding carboxylic acids is 1. The Hall–Kier alpha value is -1.57. The third-order valence-electron chi connectivity index (χ3n) is 4.80. The van der Waals surface area contributed by atoms with Gasteiger partial charge in [-0.25, -0.2) is 13.5 Å². The van der Waals surface area contributed by atoms with Crippen LogP contribution in [0.2, 0.25) is 0 Å². The van der Waals surface area contributed by atoms with E-state index in [9.17, 15) is 13.6 Å². The van der Waals surface area contributed by atoms with Gasteiger partial charge in [0.2, 0.25) is 0 Å². The number of fused-ring (bicyclic) bond motifs is 1. The van der Waals surface area contributed by atoms with Gasteiger partial charge < -0.3 is 10.6 Å². The Kier molecular flexibility index (Phi) is 3.00. The highest BCUT2D eigenvalue weighted by molar-refractivity contribution is 5.94. The minimum atomic E-state index is -2.78. The summed E-state index contributed by atoms with van der Waals surface area (Å²) in [5.41, 5.74) is 4.81. The molecular weight excluding hydrogens is 268 g/mol. The van der Waals surface area contributed by atoms with Crippen LogP contribution in [0.5, 0.6) is 0 Å². The number of halogens is 2. The van der Waals surface area contributed by atoms with Gasteiger partial charge in [-0.3, -0.25) is 4.79 Å². The highest BCUT2D eigenvalue weighted by Gasteiger charge is 2.56. The lowest BCUT2D eigenvalue weighted by molar-refractivity contribution is 0.0213. The Balaban J connectivity index is 1.94. The van der Waals surface area contributed by atoms with Gasteiger partial charge in [-0.1, -0.05) is 5.21 Å². The van der Waals surface area contributed by atoms with Crippen molar-refractivity contribution in [2.75, 3.05) is 13.1 Å². The predicted octanol–water partition coefficient (Wildman–Crippen LogP) is 0.706. The summed E-state index contributed by atoms with van der Waals surface area (Å²) in [4.78, 5) is 14.2. The van der Waals surface area contributed by atoms with Gasteiger partial charge in [0.15, 0.2) is 5.69 Å². The average molecular weight is 285 g/mol. The molecule has 1 aromatic heterocycles. The van der Waals surface area contributed by atoms with E-state index in [2.05, 4.69) is 10.3 Å². The summed E-state index contributed by atoms with van der Waals surface area (Å²) < 4.78 is 27.0. The Morgan fingerprint density at radius 1 is 1.55 bits per heavy atom. The summed E-state index contributed by atoms with van der Waals surface area (Å²) in [5.74, 6) is -0.0795. The molecule has 110 valence electrons. The molecule has 1 aliphatic heterocycles. The number of aromatic nitrogens is 3. The fourth-order valence-electron chi connectivity index (χ4n) is 3.53. The molecule has 20 heavy (non-hydrogen) atoms. The fraction of sp³-hybridized carbons (Fsp3) is 0.750. The van der Waals surface area contributed by atoms with Gasteiger partial charge in [0, 0.05) is 20.1 Å². The lowest BCUT2D eigenvalue weighted by Crippen LogP contribution is -2.60. The summed E-state index contributed by atoms with van der Waals surface area (Å²) in [6.45, 7) is 0.924. The topological polar surface area (TPSA) is 77.0 Å². The lowest BCUT2D eigenvalue weighted by atomic mass is 9.67. The van der Waals surface area contributed by atoms with Crippen molar-refractivity contribution < 1.29 is 13.6 Å². The molecule has 0 aromatic carbocycles. The minimum Gasteiger partial charge on any atom is -0.330 e. The third kappa shape index (κ3) is 1.60. The monoisotopic (exact) mass is 285 g/mol. The van der Waals surface area contributed by atoms with Crippen molar-refractivity contribution in [3.63, 3.8) is 0 Å². The van der Waals surface area contributed by atoms with E-state index in [0.29, 0.717) is 19.0 Å². The molecule has 1 saturated carbocycles. The summed E-state index contributed by atoms with van der Waals surface area (Å²) >= 11 is 0. The van der Waals surface area contributed by atoms with Crippen LogP contribution in [0.15, 0.2) is 0 Å². The number of aryl methyl sites for hydroxylation is 1. The van der Waals surface area contributed by atoms with E-state index in [1.807, 2.05) is 0 Å². The number of rotatable bonds is 3. The Morgan fingerprint density at radius 3 is 2.85 bits per heavy atom. The van der Waals surface area contributed by atoms with Crippen LogP contribution in [0, 0.1) is 5.92 Å². The Bertz CT molecular complexity index is 542. The van der Waals surface area contributed by atoms with Crippen molar-refractivity contribution >= 4 is 5.91 Å². The number of carbonyl (C=O) groups is 1. The molecular formula is C12H17F2N5O. The first-order valence-corrected chi connectivity index (χ1v) is 6.71. The molecule has 2 fully saturated rings. The molecule has 8 heteroatoms. The van der Waals surface area contributed by atoms with E-state index in [4.69, 9.17) is 5.73 Å². The molecule has 0 bridgehead atoms. The van der Waals surface area contributed by atoms with Crippen LogP contribution in [0.3, 0.4) is 0 Å². The molecule has 1 aliphatic carbocycles. The van der Waals surface area contributed by atoms with E-state index < -0.39 is 18.0 Å². The number of amides is 1. The van der Waals surface area contributed by atoms with Crippen molar-refractivity contribution in [1.82, 2.24) is 19.9 Å². The van der Waals surface area contributed by atoms with Crippen LogP contribution < -0.4 is 5.73 Å². The van der Waals surface area contributed by atoms with Crippen LogP contribution in [-0.2, 0) is 7.05 Å². The number of alkyl halides is 2. The molecule has 2 aliphatic rings. The summed E-state index contributed by atoms with van der Waals surface area (Å²) in [7, 11) is 1.36. The molecule has 1 aromatic rings. The summed E-state index contributed by atoms with van der Waals surface area (Å²) in [6, 6.07) is 0. The maximum Gasteiger partial charge on any atom is 0.282 e. The third-order valence-corrected chi connectivity index (χ3v) is 4.80. The molecule has 2 unspecified atom stereocenters. The van der Waals surface area contributed by atoms with Crippen LogP contribution in [0.25, 0.3) is 0 Å². The maximum absolute atomic E-state index is 13.0. The minimum absolute atomic E-state index is 0.247. The highest BCUT2D eigenvalue weighted by atomic mass is 19.3. The molecule has 2 atom stereocenters. The molecule has 2 N–H and O–H groups in total. The van der Waals surface area contributed by atoms with Crippen LogP contribution in [0.4, 0.5) is 8.78 Å². The SMILES string of the molecule is Cn1nnc(C(=O)N2CCC3CCC32CN)c1C(F)F. The maximum atomic E-state index is 13.0. The Labute approximate surface area is 114 Å². The van der Waals surface area contributed by atoms with Gasteiger partial charge in [-0.05, 0) is 25.2 Å². The van der Waals surface area contributed by atoms with Gasteiger partial charge in [-0.2, -0.15) is 0 Å². The zero-order valence-electron chi connectivity index (χ0n) is 11.2. The molecule has 3 rings (SSSR count). The predicted molar refractivity (Wildman–Crippen MR) is 66.1 cm³/mol. The first kappa shape index (κ1) is 13.4. The normalized spacial score (nSPS) is 28.6. The number of hydrogen-bond donors (Lipinski definition) is 1. The first-order valence-electron chi connectivity index (χ1n) is 6.71. The molecule has 1 saturated heterocycles. The highest BCUT2D eigenvalue weighted by Crippen LogP contribution is 2.50. The van der Waals surface area contributed by atoms with Crippen molar-refractivity contribution in [3.8, 4) is 0 Å². The molecule has 6 nitrogen and oxygen atoms in total. The van der Waals surface area contributed by atoms with Crippen LogP contribution >= 0.6 is 0 Å². The fourth-order valence-corrected chi connectivity index (χ4v) is 3.53. The zero-order chi connectivity index (χ0) is 14.5. The standard InChI is InChI=1S/C12H17F2N5O/c1-18-9(10(13)14)8(16-17-18)11(20)19-5-3-7-2-4-12(7,19)6-15/h7,10H,2-6,15H2,1H3. The van der Waals surface area contributed by atoms with Crippen LogP contribution in [-0.4, -0.2) is 44.4 Å². The number of nitrogens with two attached hydrogens (primary N) is 1. The number of hydrogen-bond acceptors (Lipinski definition) is 4. The van der Waals surface area contributed by atoms with Gasteiger partial charge in [0.05, 0.1) is 5.54 Å². The average Bonchev–Trinajstić information content (AvgIpc) is 2.88.